The lowest BCUT2D eigenvalue weighted by molar-refractivity contribution is -0.605. The number of hydrogen-bond acceptors (Lipinski definition) is 5. The normalized spacial score (nSPS) is 11.0. The van der Waals surface area contributed by atoms with Gasteiger partial charge in [-0.25, -0.2) is 8.42 Å². The van der Waals surface area contributed by atoms with Crippen LogP contribution in [0.4, 0.5) is 11.4 Å². The van der Waals surface area contributed by atoms with Gasteiger partial charge in [0.05, 0.1) is 21.8 Å². The number of anilines is 2. The third kappa shape index (κ3) is 4.51. The second-order valence-corrected chi connectivity index (χ2v) is 7.81. The molecule has 3 N–H and O–H groups in total. The van der Waals surface area contributed by atoms with Gasteiger partial charge in [-0.05, 0) is 36.4 Å². The third-order valence-electron chi connectivity index (χ3n) is 3.67. The lowest BCUT2D eigenvalue weighted by atomic mass is 10.2. The molecule has 0 radical (unpaired) electrons. The molecule has 1 heterocycles. The van der Waals surface area contributed by atoms with Crippen LogP contribution < -0.4 is 14.8 Å². The summed E-state index contributed by atoms with van der Waals surface area (Å²) in [6.07, 6.45) is 2.29. The Morgan fingerprint density at radius 3 is 2.46 bits per heavy atom. The molecular weight excluding hydrogens is 406 g/mol. The summed E-state index contributed by atoms with van der Waals surface area (Å²) < 4.78 is 28.1. The highest BCUT2D eigenvalue weighted by molar-refractivity contribution is 7.92. The van der Waals surface area contributed by atoms with E-state index in [-0.39, 0.29) is 27.6 Å². The number of rotatable bonds is 5. The SMILES string of the molecule is O=C(Nc1cc(S(=O)(=O)Nc2cccc(Cl)c2)ccc1O)c1cc[n+]([O-])cc1. The van der Waals surface area contributed by atoms with E-state index in [4.69, 9.17) is 11.6 Å². The quantitative estimate of drug-likeness (QED) is 0.333. The molecule has 10 heteroatoms. The van der Waals surface area contributed by atoms with Crippen LogP contribution in [0.15, 0.2) is 71.9 Å². The number of nitrogens with one attached hydrogen (secondary N) is 2. The number of phenolic OH excluding ortho intramolecular Hbond substituents is 1. The number of nitrogens with zero attached hydrogens (tertiary/aromatic N) is 1. The number of phenols is 1. The average molecular weight is 420 g/mol. The van der Waals surface area contributed by atoms with Gasteiger partial charge in [0.25, 0.3) is 15.9 Å². The van der Waals surface area contributed by atoms with Gasteiger partial charge >= 0.3 is 0 Å². The molecule has 0 aliphatic rings. The number of aromatic hydroxyl groups is 1. The van der Waals surface area contributed by atoms with Crippen molar-refractivity contribution in [3.8, 4) is 5.75 Å². The average Bonchev–Trinajstić information content (AvgIpc) is 2.63. The summed E-state index contributed by atoms with van der Waals surface area (Å²) in [5.74, 6) is -0.932. The first-order valence-corrected chi connectivity index (χ1v) is 9.72. The molecule has 144 valence electrons. The molecule has 0 fully saturated rings. The van der Waals surface area contributed by atoms with E-state index in [2.05, 4.69) is 10.0 Å². The van der Waals surface area contributed by atoms with Crippen molar-refractivity contribution >= 4 is 38.9 Å². The highest BCUT2D eigenvalue weighted by Gasteiger charge is 2.18. The molecule has 3 aromatic rings. The van der Waals surface area contributed by atoms with Gasteiger partial charge in [-0.2, -0.15) is 4.73 Å². The zero-order valence-electron chi connectivity index (χ0n) is 14.2. The van der Waals surface area contributed by atoms with Crippen LogP contribution in [0, 0.1) is 5.21 Å². The van der Waals surface area contributed by atoms with Gasteiger partial charge in [0.1, 0.15) is 5.75 Å². The van der Waals surface area contributed by atoms with Crippen LogP contribution in [-0.4, -0.2) is 19.4 Å². The Kier molecular flexibility index (Phi) is 5.39. The van der Waals surface area contributed by atoms with Gasteiger partial charge in [-0.15, -0.1) is 0 Å². The first kappa shape index (κ1) is 19.5. The zero-order chi connectivity index (χ0) is 20.3. The molecule has 0 saturated carbocycles. The first-order chi connectivity index (χ1) is 13.2. The molecule has 0 spiro atoms. The smallest absolute Gasteiger partial charge is 0.261 e. The van der Waals surface area contributed by atoms with Crippen molar-refractivity contribution in [1.29, 1.82) is 0 Å². The van der Waals surface area contributed by atoms with Crippen molar-refractivity contribution in [3.63, 3.8) is 0 Å². The number of hydrogen-bond donors (Lipinski definition) is 3. The Morgan fingerprint density at radius 2 is 1.79 bits per heavy atom. The largest absolute Gasteiger partial charge is 0.619 e. The van der Waals surface area contributed by atoms with Crippen molar-refractivity contribution in [1.82, 2.24) is 0 Å². The molecular formula is C18H14ClN3O5S. The monoisotopic (exact) mass is 419 g/mol. The molecule has 1 aromatic heterocycles. The van der Waals surface area contributed by atoms with Gasteiger partial charge in [-0.1, -0.05) is 17.7 Å². The Balaban J connectivity index is 1.86. The number of pyridine rings is 1. The van der Waals surface area contributed by atoms with Crippen LogP contribution in [0.25, 0.3) is 0 Å². The molecule has 0 aliphatic carbocycles. The molecule has 0 saturated heterocycles. The lowest BCUT2D eigenvalue weighted by Gasteiger charge is -2.12. The van der Waals surface area contributed by atoms with Crippen LogP contribution in [0.2, 0.25) is 5.02 Å². The predicted molar refractivity (Wildman–Crippen MR) is 104 cm³/mol. The van der Waals surface area contributed by atoms with E-state index in [1.54, 1.807) is 12.1 Å². The van der Waals surface area contributed by atoms with E-state index in [9.17, 15) is 23.5 Å². The highest BCUT2D eigenvalue weighted by atomic mass is 35.5. The van der Waals surface area contributed by atoms with E-state index in [1.165, 1.54) is 30.3 Å². The van der Waals surface area contributed by atoms with E-state index in [0.29, 0.717) is 9.75 Å². The molecule has 0 unspecified atom stereocenters. The van der Waals surface area contributed by atoms with Crippen LogP contribution >= 0.6 is 11.6 Å². The van der Waals surface area contributed by atoms with Gasteiger partial charge in [0, 0.05) is 17.2 Å². The fourth-order valence-electron chi connectivity index (χ4n) is 2.31. The van der Waals surface area contributed by atoms with Crippen LogP contribution in [0.5, 0.6) is 5.75 Å². The summed E-state index contributed by atoms with van der Waals surface area (Å²) in [5.41, 5.74) is 0.330. The van der Waals surface area contributed by atoms with E-state index in [0.717, 1.165) is 24.5 Å². The van der Waals surface area contributed by atoms with E-state index < -0.39 is 15.9 Å². The van der Waals surface area contributed by atoms with Gasteiger partial charge < -0.3 is 15.6 Å². The molecule has 0 bridgehead atoms. The number of halogens is 1. The number of amides is 1. The summed E-state index contributed by atoms with van der Waals surface area (Å²) >= 11 is 5.85. The molecule has 0 aliphatic heterocycles. The second-order valence-electron chi connectivity index (χ2n) is 5.70. The maximum Gasteiger partial charge on any atom is 0.261 e. The van der Waals surface area contributed by atoms with Crippen molar-refractivity contribution in [2.45, 2.75) is 4.90 Å². The number of carbonyl (C=O) groups excluding carboxylic acids is 1. The summed E-state index contributed by atoms with van der Waals surface area (Å²) in [7, 11) is -3.99. The summed E-state index contributed by atoms with van der Waals surface area (Å²) in [5, 5.41) is 23.8. The summed E-state index contributed by atoms with van der Waals surface area (Å²) in [6, 6.07) is 12.2. The minimum atomic E-state index is -3.99. The number of sulfonamides is 1. The van der Waals surface area contributed by atoms with Crippen LogP contribution in [0.1, 0.15) is 10.4 Å². The van der Waals surface area contributed by atoms with E-state index >= 15 is 0 Å². The third-order valence-corrected chi connectivity index (χ3v) is 5.28. The Bertz CT molecular complexity index is 1130. The lowest BCUT2D eigenvalue weighted by Crippen LogP contribution is -2.25. The fourth-order valence-corrected chi connectivity index (χ4v) is 3.57. The van der Waals surface area contributed by atoms with Crippen LogP contribution in [-0.2, 0) is 10.0 Å². The number of benzene rings is 2. The maximum absolute atomic E-state index is 12.6. The highest BCUT2D eigenvalue weighted by Crippen LogP contribution is 2.28. The number of carbonyl (C=O) groups is 1. The summed E-state index contributed by atoms with van der Waals surface area (Å²) in [6.45, 7) is 0. The van der Waals surface area contributed by atoms with Crippen molar-refractivity contribution < 1.29 is 23.0 Å². The predicted octanol–water partition coefficient (Wildman–Crippen LogP) is 2.73. The topological polar surface area (TPSA) is 122 Å². The van der Waals surface area contributed by atoms with Gasteiger partial charge in [0.15, 0.2) is 12.4 Å². The molecule has 3 rings (SSSR count). The fraction of sp³-hybridized carbons (Fsp3) is 0. The van der Waals surface area contributed by atoms with Gasteiger partial charge in [0.2, 0.25) is 0 Å². The van der Waals surface area contributed by atoms with Gasteiger partial charge in [-0.3, -0.25) is 9.52 Å². The summed E-state index contributed by atoms with van der Waals surface area (Å²) in [4.78, 5) is 12.1. The van der Waals surface area contributed by atoms with Crippen molar-refractivity contribution in [3.05, 3.63) is 82.8 Å². The minimum Gasteiger partial charge on any atom is -0.619 e. The minimum absolute atomic E-state index is 0.0992. The molecule has 8 nitrogen and oxygen atoms in total. The van der Waals surface area contributed by atoms with Crippen molar-refractivity contribution in [2.24, 2.45) is 0 Å². The molecule has 2 aromatic carbocycles. The second kappa shape index (κ2) is 7.75. The molecule has 28 heavy (non-hydrogen) atoms. The Labute approximate surface area is 165 Å². The standard InChI is InChI=1S/C18H14ClN3O5S/c19-13-2-1-3-14(10-13)21-28(26,27)15-4-5-17(23)16(11-15)20-18(24)12-6-8-22(25)9-7-12/h1-11,21,23H,(H,20,24). The molecule has 0 atom stereocenters. The Morgan fingerprint density at radius 1 is 1.07 bits per heavy atom. The maximum atomic E-state index is 12.6. The zero-order valence-corrected chi connectivity index (χ0v) is 15.7. The van der Waals surface area contributed by atoms with Crippen LogP contribution in [0.3, 0.4) is 0 Å². The Hall–Kier alpha value is -3.30. The van der Waals surface area contributed by atoms with Crippen molar-refractivity contribution in [2.75, 3.05) is 10.0 Å². The molecule has 1 amide bonds. The number of aromatic nitrogens is 1. The van der Waals surface area contributed by atoms with E-state index in [1.807, 2.05) is 0 Å². The first-order valence-electron chi connectivity index (χ1n) is 7.86.